The first-order valence-electron chi connectivity index (χ1n) is 6.05. The van der Waals surface area contributed by atoms with Crippen molar-refractivity contribution in [1.29, 1.82) is 0 Å². The molecule has 1 aromatic heterocycles. The molecule has 100 valence electrons. The van der Waals surface area contributed by atoms with Gasteiger partial charge in [-0.1, -0.05) is 6.07 Å². The van der Waals surface area contributed by atoms with Gasteiger partial charge in [0, 0.05) is 17.3 Å². The molecule has 3 rings (SSSR count). The third-order valence-electron chi connectivity index (χ3n) is 3.05. The Balaban J connectivity index is 2.23. The van der Waals surface area contributed by atoms with Crippen LogP contribution in [0, 0.1) is 0 Å². The quantitative estimate of drug-likeness (QED) is 0.551. The van der Waals surface area contributed by atoms with Gasteiger partial charge in [0.05, 0.1) is 5.56 Å². The average Bonchev–Trinajstić information content (AvgIpc) is 2.81. The second-order valence-electron chi connectivity index (χ2n) is 4.50. The van der Waals surface area contributed by atoms with Crippen molar-refractivity contribution in [2.45, 2.75) is 6.92 Å². The summed E-state index contributed by atoms with van der Waals surface area (Å²) in [5.41, 5.74) is 7.96. The molecule has 0 saturated heterocycles. The van der Waals surface area contributed by atoms with Crippen molar-refractivity contribution in [2.75, 3.05) is 5.73 Å². The van der Waals surface area contributed by atoms with Gasteiger partial charge in [0.15, 0.2) is 11.4 Å². The van der Waals surface area contributed by atoms with Gasteiger partial charge in [-0.3, -0.25) is 4.79 Å². The molecule has 0 unspecified atom stereocenters. The van der Waals surface area contributed by atoms with Gasteiger partial charge >= 0.3 is 0 Å². The number of hydrogen-bond acceptors (Lipinski definition) is 5. The highest BCUT2D eigenvalue weighted by Crippen LogP contribution is 2.33. The molecule has 20 heavy (non-hydrogen) atoms. The second kappa shape index (κ2) is 4.38. The number of rotatable bonds is 2. The molecule has 1 heterocycles. The number of phenols is 1. The molecule has 0 radical (unpaired) electrons. The van der Waals surface area contributed by atoms with Gasteiger partial charge in [-0.2, -0.15) is 0 Å². The average molecular weight is 268 g/mol. The molecule has 0 atom stereocenters. The van der Waals surface area contributed by atoms with Crippen molar-refractivity contribution in [3.05, 3.63) is 42.0 Å². The first kappa shape index (κ1) is 12.2. The minimum atomic E-state index is -0.0861. The first-order chi connectivity index (χ1) is 9.56. The summed E-state index contributed by atoms with van der Waals surface area (Å²) in [5, 5.41) is 9.90. The largest absolute Gasteiger partial charge is 0.507 e. The lowest BCUT2D eigenvalue weighted by Gasteiger charge is -2.00. The maximum Gasteiger partial charge on any atom is 0.231 e. The van der Waals surface area contributed by atoms with E-state index in [9.17, 15) is 9.90 Å². The van der Waals surface area contributed by atoms with E-state index in [4.69, 9.17) is 10.2 Å². The lowest BCUT2D eigenvalue weighted by Crippen LogP contribution is -1.92. The highest BCUT2D eigenvalue weighted by atomic mass is 16.3. The van der Waals surface area contributed by atoms with Crippen molar-refractivity contribution in [1.82, 2.24) is 4.98 Å². The van der Waals surface area contributed by atoms with E-state index in [1.54, 1.807) is 30.3 Å². The van der Waals surface area contributed by atoms with Gasteiger partial charge in [0.2, 0.25) is 5.89 Å². The van der Waals surface area contributed by atoms with Crippen molar-refractivity contribution in [2.24, 2.45) is 0 Å². The van der Waals surface area contributed by atoms with Gasteiger partial charge in [0.25, 0.3) is 0 Å². The number of nitrogens with zero attached hydrogens (tertiary/aromatic N) is 1. The van der Waals surface area contributed by atoms with Crippen LogP contribution in [0.3, 0.4) is 0 Å². The van der Waals surface area contributed by atoms with Crippen LogP contribution in [0.5, 0.6) is 5.75 Å². The predicted molar refractivity (Wildman–Crippen MR) is 75.5 cm³/mol. The monoisotopic (exact) mass is 268 g/mol. The van der Waals surface area contributed by atoms with E-state index in [0.29, 0.717) is 27.9 Å². The number of para-hydroxylation sites is 1. The number of fused-ring (bicyclic) bond motifs is 1. The van der Waals surface area contributed by atoms with Crippen LogP contribution in [-0.2, 0) is 0 Å². The molecule has 0 spiro atoms. The topological polar surface area (TPSA) is 89.4 Å². The molecule has 0 aliphatic heterocycles. The zero-order chi connectivity index (χ0) is 14.3. The molecular formula is C15H12N2O3. The summed E-state index contributed by atoms with van der Waals surface area (Å²) in [4.78, 5) is 15.9. The highest BCUT2D eigenvalue weighted by Gasteiger charge is 2.15. The van der Waals surface area contributed by atoms with Crippen LogP contribution in [0.1, 0.15) is 17.3 Å². The Morgan fingerprint density at radius 3 is 2.80 bits per heavy atom. The van der Waals surface area contributed by atoms with Crippen molar-refractivity contribution in [3.8, 4) is 17.2 Å². The van der Waals surface area contributed by atoms with Crippen molar-refractivity contribution in [3.63, 3.8) is 0 Å². The predicted octanol–water partition coefficient (Wildman–Crippen LogP) is 2.99. The summed E-state index contributed by atoms with van der Waals surface area (Å²) >= 11 is 0. The smallest absolute Gasteiger partial charge is 0.231 e. The Hall–Kier alpha value is -2.82. The van der Waals surface area contributed by atoms with Crippen LogP contribution in [0.25, 0.3) is 22.6 Å². The number of anilines is 1. The molecular weight excluding hydrogens is 256 g/mol. The van der Waals surface area contributed by atoms with E-state index >= 15 is 0 Å². The summed E-state index contributed by atoms with van der Waals surface area (Å²) < 4.78 is 5.60. The Morgan fingerprint density at radius 2 is 2.10 bits per heavy atom. The van der Waals surface area contributed by atoms with Gasteiger partial charge in [-0.05, 0) is 31.2 Å². The van der Waals surface area contributed by atoms with E-state index < -0.39 is 0 Å². The Labute approximate surface area is 114 Å². The zero-order valence-corrected chi connectivity index (χ0v) is 10.8. The fourth-order valence-electron chi connectivity index (χ4n) is 2.08. The Bertz CT molecular complexity index is 821. The Morgan fingerprint density at radius 1 is 1.30 bits per heavy atom. The maximum absolute atomic E-state index is 11.6. The SMILES string of the molecule is CC(=O)c1cccc2oc(-c3ccc(N)cc3O)nc12. The molecule has 0 fully saturated rings. The molecule has 5 heteroatoms. The molecule has 0 bridgehead atoms. The van der Waals surface area contributed by atoms with Gasteiger partial charge < -0.3 is 15.3 Å². The number of phenolic OH excluding ortho intramolecular Hbond substituents is 1. The van der Waals surface area contributed by atoms with E-state index in [1.165, 1.54) is 13.0 Å². The number of nitrogens with two attached hydrogens (primary N) is 1. The van der Waals surface area contributed by atoms with E-state index in [2.05, 4.69) is 4.98 Å². The number of carbonyl (C=O) groups excluding carboxylic acids is 1. The Kier molecular flexibility index (Phi) is 2.68. The first-order valence-corrected chi connectivity index (χ1v) is 6.05. The van der Waals surface area contributed by atoms with Crippen LogP contribution in [0.4, 0.5) is 5.69 Å². The van der Waals surface area contributed by atoms with Crippen LogP contribution >= 0.6 is 0 Å². The van der Waals surface area contributed by atoms with E-state index in [0.717, 1.165) is 0 Å². The standard InChI is InChI=1S/C15H12N2O3/c1-8(18)10-3-2-4-13-14(10)17-15(20-13)11-6-5-9(16)7-12(11)19/h2-7,19H,16H2,1H3. The van der Waals surface area contributed by atoms with Crippen LogP contribution in [0.2, 0.25) is 0 Å². The summed E-state index contributed by atoms with van der Waals surface area (Å²) in [6.45, 7) is 1.48. The normalized spacial score (nSPS) is 10.8. The zero-order valence-electron chi connectivity index (χ0n) is 10.8. The molecule has 2 aromatic carbocycles. The van der Waals surface area contributed by atoms with Crippen LogP contribution < -0.4 is 5.73 Å². The van der Waals surface area contributed by atoms with E-state index in [-0.39, 0.29) is 17.4 Å². The molecule has 0 amide bonds. The van der Waals surface area contributed by atoms with Crippen molar-refractivity contribution >= 4 is 22.6 Å². The lowest BCUT2D eigenvalue weighted by atomic mass is 10.1. The summed E-state index contributed by atoms with van der Waals surface area (Å²) in [6.07, 6.45) is 0. The lowest BCUT2D eigenvalue weighted by molar-refractivity contribution is 0.101. The summed E-state index contributed by atoms with van der Waals surface area (Å²) in [7, 11) is 0. The fraction of sp³-hybridized carbons (Fsp3) is 0.0667. The molecule has 0 aliphatic carbocycles. The van der Waals surface area contributed by atoms with Gasteiger partial charge in [0.1, 0.15) is 11.3 Å². The van der Waals surface area contributed by atoms with Crippen molar-refractivity contribution < 1.29 is 14.3 Å². The number of nitrogen functional groups attached to an aromatic ring is 1. The van der Waals surface area contributed by atoms with Crippen LogP contribution in [-0.4, -0.2) is 15.9 Å². The molecule has 3 aromatic rings. The second-order valence-corrected chi connectivity index (χ2v) is 4.50. The number of oxazole rings is 1. The minimum Gasteiger partial charge on any atom is -0.507 e. The number of Topliss-reactive ketones (excluding diaryl/α,β-unsaturated/α-hetero) is 1. The van der Waals surface area contributed by atoms with Gasteiger partial charge in [-0.25, -0.2) is 4.98 Å². The third-order valence-corrected chi connectivity index (χ3v) is 3.05. The molecule has 3 N–H and O–H groups in total. The highest BCUT2D eigenvalue weighted by molar-refractivity contribution is 6.04. The van der Waals surface area contributed by atoms with E-state index in [1.807, 2.05) is 0 Å². The number of aromatic nitrogens is 1. The number of aromatic hydroxyl groups is 1. The fourth-order valence-corrected chi connectivity index (χ4v) is 2.08. The number of carbonyl (C=O) groups is 1. The minimum absolute atomic E-state index is 0.0130. The molecule has 0 aliphatic rings. The maximum atomic E-state index is 11.6. The summed E-state index contributed by atoms with van der Waals surface area (Å²) in [6, 6.07) is 9.86. The summed E-state index contributed by atoms with van der Waals surface area (Å²) in [5.74, 6) is 0.157. The van der Waals surface area contributed by atoms with Crippen LogP contribution in [0.15, 0.2) is 40.8 Å². The third kappa shape index (κ3) is 1.89. The van der Waals surface area contributed by atoms with Gasteiger partial charge in [-0.15, -0.1) is 0 Å². The molecule has 5 nitrogen and oxygen atoms in total. The number of benzene rings is 2. The number of ketones is 1. The number of hydrogen-bond donors (Lipinski definition) is 2. The molecule has 0 saturated carbocycles.